The van der Waals surface area contributed by atoms with Crippen molar-refractivity contribution in [1.29, 1.82) is 0 Å². The highest BCUT2D eigenvalue weighted by atomic mass is 16.6. The minimum atomic E-state index is -0.488. The Morgan fingerprint density at radius 2 is 2.04 bits per heavy atom. The molecule has 7 heteroatoms. The molecular formula is C19H21N3O4. The molecule has 0 aliphatic rings. The lowest BCUT2D eigenvalue weighted by molar-refractivity contribution is -0.384. The number of nitro benzene ring substituents is 1. The number of amides is 1. The van der Waals surface area contributed by atoms with Gasteiger partial charge in [-0.15, -0.1) is 0 Å². The minimum absolute atomic E-state index is 0.0347. The second-order valence-electron chi connectivity index (χ2n) is 5.84. The van der Waals surface area contributed by atoms with Crippen molar-refractivity contribution in [3.63, 3.8) is 0 Å². The van der Waals surface area contributed by atoms with Gasteiger partial charge in [-0.1, -0.05) is 43.3 Å². The van der Waals surface area contributed by atoms with Crippen LogP contribution in [0.15, 0.2) is 53.7 Å². The molecule has 2 aromatic rings. The summed E-state index contributed by atoms with van der Waals surface area (Å²) in [6.45, 7) is 4.03. The Morgan fingerprint density at radius 1 is 1.31 bits per heavy atom. The molecule has 0 saturated heterocycles. The quantitative estimate of drug-likeness (QED) is 0.438. The number of carbonyl (C=O) groups excluding carboxylic acids is 1. The Labute approximate surface area is 151 Å². The lowest BCUT2D eigenvalue weighted by Gasteiger charge is -2.10. The number of hydrogen-bond acceptors (Lipinski definition) is 5. The van der Waals surface area contributed by atoms with E-state index in [9.17, 15) is 14.9 Å². The van der Waals surface area contributed by atoms with Crippen LogP contribution in [0.25, 0.3) is 0 Å². The highest BCUT2D eigenvalue weighted by molar-refractivity contribution is 5.91. The fourth-order valence-electron chi connectivity index (χ4n) is 2.24. The summed E-state index contributed by atoms with van der Waals surface area (Å²) < 4.78 is 0. The normalized spacial score (nSPS) is 11.9. The molecule has 0 heterocycles. The van der Waals surface area contributed by atoms with Gasteiger partial charge in [-0.3, -0.25) is 14.9 Å². The zero-order valence-corrected chi connectivity index (χ0v) is 14.7. The van der Waals surface area contributed by atoms with Crippen LogP contribution in [0, 0.1) is 10.1 Å². The number of rotatable bonds is 8. The van der Waals surface area contributed by atoms with Crippen molar-refractivity contribution >= 4 is 23.5 Å². The molecule has 0 aliphatic heterocycles. The molecule has 0 aliphatic carbocycles. The van der Waals surface area contributed by atoms with Gasteiger partial charge in [0, 0.05) is 23.4 Å². The number of nitrogens with zero attached hydrogens (tertiary/aromatic N) is 2. The lowest BCUT2D eigenvalue weighted by atomic mass is 9.99. The van der Waals surface area contributed by atoms with Crippen LogP contribution in [0.1, 0.15) is 37.3 Å². The van der Waals surface area contributed by atoms with Crippen LogP contribution in [0.4, 0.5) is 11.4 Å². The van der Waals surface area contributed by atoms with Gasteiger partial charge < -0.3 is 10.2 Å². The highest BCUT2D eigenvalue weighted by Crippen LogP contribution is 2.20. The van der Waals surface area contributed by atoms with Gasteiger partial charge >= 0.3 is 0 Å². The van der Waals surface area contributed by atoms with Gasteiger partial charge in [0.25, 0.3) is 11.6 Å². The van der Waals surface area contributed by atoms with Gasteiger partial charge in [0.05, 0.1) is 11.1 Å². The third-order valence-electron chi connectivity index (χ3n) is 3.93. The maximum absolute atomic E-state index is 11.8. The largest absolute Gasteiger partial charge is 0.386 e. The number of hydrogen-bond donors (Lipinski definition) is 1. The van der Waals surface area contributed by atoms with Crippen LogP contribution in [0.5, 0.6) is 0 Å². The first-order valence-corrected chi connectivity index (χ1v) is 8.29. The Morgan fingerprint density at radius 3 is 2.69 bits per heavy atom. The van der Waals surface area contributed by atoms with E-state index in [4.69, 9.17) is 4.84 Å². The molecule has 0 bridgehead atoms. The second-order valence-corrected chi connectivity index (χ2v) is 5.84. The van der Waals surface area contributed by atoms with Crippen LogP contribution in [-0.2, 0) is 9.63 Å². The van der Waals surface area contributed by atoms with Gasteiger partial charge in [-0.05, 0) is 30.0 Å². The van der Waals surface area contributed by atoms with Crippen LogP contribution in [0.3, 0.4) is 0 Å². The first-order valence-electron chi connectivity index (χ1n) is 8.29. The predicted molar refractivity (Wildman–Crippen MR) is 100 cm³/mol. The van der Waals surface area contributed by atoms with Gasteiger partial charge in [0.1, 0.15) is 0 Å². The number of benzene rings is 2. The number of nitrogens with one attached hydrogen (secondary N) is 1. The molecule has 0 saturated carbocycles. The maximum atomic E-state index is 11.8. The average molecular weight is 355 g/mol. The van der Waals surface area contributed by atoms with E-state index in [0.29, 0.717) is 17.2 Å². The van der Waals surface area contributed by atoms with Crippen LogP contribution < -0.4 is 5.32 Å². The van der Waals surface area contributed by atoms with E-state index in [-0.39, 0.29) is 18.2 Å². The van der Waals surface area contributed by atoms with Crippen molar-refractivity contribution in [2.24, 2.45) is 5.16 Å². The lowest BCUT2D eigenvalue weighted by Crippen LogP contribution is -2.17. The Hall–Kier alpha value is -3.22. The monoisotopic (exact) mass is 355 g/mol. The van der Waals surface area contributed by atoms with E-state index in [1.807, 2.05) is 24.3 Å². The number of oxime groups is 1. The van der Waals surface area contributed by atoms with E-state index in [1.54, 1.807) is 12.1 Å². The molecule has 0 unspecified atom stereocenters. The molecule has 0 aromatic heterocycles. The van der Waals surface area contributed by atoms with Crippen LogP contribution in [0.2, 0.25) is 0 Å². The van der Waals surface area contributed by atoms with E-state index < -0.39 is 4.92 Å². The summed E-state index contributed by atoms with van der Waals surface area (Å²) in [5.41, 5.74) is 2.39. The SMILES string of the molecule is CC[C@@H](C)c1ccc(NC(=O)CO/N=C\c2cccc([N+](=O)[O-])c2)cc1. The van der Waals surface area contributed by atoms with Gasteiger partial charge in [0.2, 0.25) is 0 Å². The summed E-state index contributed by atoms with van der Waals surface area (Å²) in [7, 11) is 0. The molecule has 2 aromatic carbocycles. The van der Waals surface area contributed by atoms with Crippen molar-refractivity contribution < 1.29 is 14.6 Å². The Balaban J connectivity index is 1.81. The second kappa shape index (κ2) is 9.31. The van der Waals surface area contributed by atoms with E-state index in [0.717, 1.165) is 6.42 Å². The molecule has 1 amide bonds. The molecule has 26 heavy (non-hydrogen) atoms. The van der Waals surface area contributed by atoms with E-state index in [2.05, 4.69) is 24.3 Å². The summed E-state index contributed by atoms with van der Waals surface area (Å²) in [4.78, 5) is 27.0. The molecule has 1 N–H and O–H groups in total. The van der Waals surface area contributed by atoms with E-state index >= 15 is 0 Å². The van der Waals surface area contributed by atoms with Crippen LogP contribution in [-0.4, -0.2) is 23.7 Å². The third kappa shape index (κ3) is 5.70. The highest BCUT2D eigenvalue weighted by Gasteiger charge is 2.06. The van der Waals surface area contributed by atoms with Crippen molar-refractivity contribution in [2.45, 2.75) is 26.2 Å². The minimum Gasteiger partial charge on any atom is -0.386 e. The summed E-state index contributed by atoms with van der Waals surface area (Å²) in [5, 5.41) is 17.1. The summed E-state index contributed by atoms with van der Waals surface area (Å²) in [6, 6.07) is 13.6. The zero-order valence-electron chi connectivity index (χ0n) is 14.7. The first-order chi connectivity index (χ1) is 12.5. The first kappa shape index (κ1) is 19.1. The molecular weight excluding hydrogens is 334 g/mol. The Bertz CT molecular complexity index is 788. The maximum Gasteiger partial charge on any atom is 0.270 e. The molecule has 0 spiro atoms. The smallest absolute Gasteiger partial charge is 0.270 e. The number of anilines is 1. The Kier molecular flexibility index (Phi) is 6.84. The molecule has 7 nitrogen and oxygen atoms in total. The van der Waals surface area contributed by atoms with Gasteiger partial charge in [-0.25, -0.2) is 0 Å². The summed E-state index contributed by atoms with van der Waals surface area (Å²) >= 11 is 0. The standard InChI is InChI=1S/C19H21N3O4/c1-3-14(2)16-7-9-17(10-8-16)21-19(23)13-26-20-12-15-5-4-6-18(11-15)22(24)25/h4-12,14H,3,13H2,1-2H3,(H,21,23)/b20-12-/t14-/m1/s1. The van der Waals surface area contributed by atoms with Crippen molar-refractivity contribution in [1.82, 2.24) is 0 Å². The number of nitro groups is 1. The number of non-ortho nitro benzene ring substituents is 1. The predicted octanol–water partition coefficient (Wildman–Crippen LogP) is 4.10. The molecule has 136 valence electrons. The van der Waals surface area contributed by atoms with Gasteiger partial charge in [0.15, 0.2) is 6.61 Å². The molecule has 0 radical (unpaired) electrons. The molecule has 2 rings (SSSR count). The average Bonchev–Trinajstić information content (AvgIpc) is 2.65. The topological polar surface area (TPSA) is 93.8 Å². The summed E-state index contributed by atoms with van der Waals surface area (Å²) in [5.74, 6) is 0.142. The zero-order chi connectivity index (χ0) is 18.9. The van der Waals surface area contributed by atoms with E-state index in [1.165, 1.54) is 23.9 Å². The van der Waals surface area contributed by atoms with Crippen molar-refractivity contribution in [2.75, 3.05) is 11.9 Å². The fraction of sp³-hybridized carbons (Fsp3) is 0.263. The third-order valence-corrected chi connectivity index (χ3v) is 3.93. The number of carbonyl (C=O) groups is 1. The molecule has 0 fully saturated rings. The van der Waals surface area contributed by atoms with Gasteiger partial charge in [-0.2, -0.15) is 0 Å². The molecule has 1 atom stereocenters. The van der Waals surface area contributed by atoms with Crippen LogP contribution >= 0.6 is 0 Å². The fourth-order valence-corrected chi connectivity index (χ4v) is 2.24. The van der Waals surface area contributed by atoms with Crippen molar-refractivity contribution in [3.05, 3.63) is 69.8 Å². The van der Waals surface area contributed by atoms with Crippen molar-refractivity contribution in [3.8, 4) is 0 Å². The summed E-state index contributed by atoms with van der Waals surface area (Å²) in [6.07, 6.45) is 2.38.